The molecule has 2 aliphatic heterocycles. The van der Waals surface area contributed by atoms with E-state index < -0.39 is 0 Å². The Morgan fingerprint density at radius 3 is 3.10 bits per heavy atom. The van der Waals surface area contributed by atoms with Crippen molar-refractivity contribution in [1.29, 1.82) is 0 Å². The number of nitrogens with one attached hydrogen (secondary N) is 1. The minimum Gasteiger partial charge on any atom is -0.448 e. The number of nitrogens with zero attached hydrogens (tertiary/aromatic N) is 2. The normalized spacial score (nSPS) is 27.6. The second-order valence-electron chi connectivity index (χ2n) is 6.11. The van der Waals surface area contributed by atoms with Crippen LogP contribution in [0.5, 0.6) is 0 Å². The van der Waals surface area contributed by atoms with Gasteiger partial charge < -0.3 is 14.6 Å². The summed E-state index contributed by atoms with van der Waals surface area (Å²) in [6.45, 7) is 5.84. The van der Waals surface area contributed by atoms with Crippen LogP contribution in [0.25, 0.3) is 0 Å². The van der Waals surface area contributed by atoms with Gasteiger partial charge in [-0.05, 0) is 38.1 Å². The average Bonchev–Trinajstić information content (AvgIpc) is 2.97. The third-order valence-corrected chi connectivity index (χ3v) is 4.33. The molecule has 0 aliphatic carbocycles. The molecule has 20 heavy (non-hydrogen) atoms. The number of hydrogen-bond acceptors (Lipinski definition) is 4. The molecule has 0 saturated carbocycles. The van der Waals surface area contributed by atoms with Crippen molar-refractivity contribution in [1.82, 2.24) is 15.2 Å². The van der Waals surface area contributed by atoms with Gasteiger partial charge in [-0.15, -0.1) is 0 Å². The fraction of sp³-hybridized carbons (Fsp3) is 0.733. The Balaban J connectivity index is 1.67. The maximum absolute atomic E-state index is 12.4. The number of hydrogen-bond donors (Lipinski definition) is 1. The van der Waals surface area contributed by atoms with E-state index in [0.717, 1.165) is 45.4 Å². The summed E-state index contributed by atoms with van der Waals surface area (Å²) in [7, 11) is 0. The fourth-order valence-electron chi connectivity index (χ4n) is 3.17. The first kappa shape index (κ1) is 13.6. The number of oxazole rings is 1. The Morgan fingerprint density at radius 1 is 1.45 bits per heavy atom. The Bertz CT molecular complexity index is 465. The van der Waals surface area contributed by atoms with Crippen molar-refractivity contribution in [2.75, 3.05) is 26.2 Å². The maximum atomic E-state index is 12.4. The van der Waals surface area contributed by atoms with Gasteiger partial charge in [-0.1, -0.05) is 6.92 Å². The number of piperidine rings is 2. The highest BCUT2D eigenvalue weighted by atomic mass is 16.3. The molecule has 1 aromatic heterocycles. The quantitative estimate of drug-likeness (QED) is 0.898. The lowest BCUT2D eigenvalue weighted by Crippen LogP contribution is -2.39. The summed E-state index contributed by atoms with van der Waals surface area (Å²) < 4.78 is 5.54. The molecule has 3 heterocycles. The third kappa shape index (κ3) is 2.87. The summed E-state index contributed by atoms with van der Waals surface area (Å²) in [4.78, 5) is 18.8. The molecule has 0 bridgehead atoms. The van der Waals surface area contributed by atoms with E-state index in [1.807, 2.05) is 4.90 Å². The molecule has 0 spiro atoms. The molecule has 0 radical (unpaired) electrons. The zero-order valence-electron chi connectivity index (χ0n) is 12.1. The highest BCUT2D eigenvalue weighted by Gasteiger charge is 2.26. The lowest BCUT2D eigenvalue weighted by atomic mass is 9.99. The Morgan fingerprint density at radius 2 is 2.35 bits per heavy atom. The molecule has 2 unspecified atom stereocenters. The van der Waals surface area contributed by atoms with Crippen molar-refractivity contribution < 1.29 is 9.21 Å². The largest absolute Gasteiger partial charge is 0.448 e. The topological polar surface area (TPSA) is 58.4 Å². The van der Waals surface area contributed by atoms with Gasteiger partial charge in [0.15, 0.2) is 11.6 Å². The van der Waals surface area contributed by atoms with E-state index in [1.54, 1.807) is 0 Å². The zero-order valence-corrected chi connectivity index (χ0v) is 12.1. The van der Waals surface area contributed by atoms with Gasteiger partial charge in [0, 0.05) is 25.6 Å². The SMILES string of the molecule is CC1CCCN(C(=O)c2coc(C3CCCNC3)n2)C1. The molecule has 2 atom stereocenters. The van der Waals surface area contributed by atoms with E-state index in [9.17, 15) is 4.79 Å². The summed E-state index contributed by atoms with van der Waals surface area (Å²) in [5.41, 5.74) is 0.472. The highest BCUT2D eigenvalue weighted by Crippen LogP contribution is 2.23. The van der Waals surface area contributed by atoms with E-state index >= 15 is 0 Å². The molecule has 1 N–H and O–H groups in total. The standard InChI is InChI=1S/C15H23N3O2/c1-11-4-3-7-18(9-11)15(19)13-10-20-14(17-13)12-5-2-6-16-8-12/h10-12,16H,2-9H2,1H3. The van der Waals surface area contributed by atoms with Crippen LogP contribution >= 0.6 is 0 Å². The molecule has 3 rings (SSSR count). The molecule has 0 aromatic carbocycles. The first-order valence-electron chi connectivity index (χ1n) is 7.69. The minimum absolute atomic E-state index is 0.0234. The summed E-state index contributed by atoms with van der Waals surface area (Å²) in [5, 5.41) is 3.35. The fourth-order valence-corrected chi connectivity index (χ4v) is 3.17. The van der Waals surface area contributed by atoms with E-state index in [-0.39, 0.29) is 5.91 Å². The van der Waals surface area contributed by atoms with Crippen molar-refractivity contribution >= 4 is 5.91 Å². The van der Waals surface area contributed by atoms with Crippen LogP contribution in [0.1, 0.15) is 54.9 Å². The highest BCUT2D eigenvalue weighted by molar-refractivity contribution is 5.92. The first-order valence-corrected chi connectivity index (χ1v) is 7.69. The van der Waals surface area contributed by atoms with Crippen molar-refractivity contribution in [3.63, 3.8) is 0 Å². The molecule has 2 fully saturated rings. The van der Waals surface area contributed by atoms with E-state index in [2.05, 4.69) is 17.2 Å². The van der Waals surface area contributed by atoms with Crippen LogP contribution in [0, 0.1) is 5.92 Å². The minimum atomic E-state index is 0.0234. The summed E-state index contributed by atoms with van der Waals surface area (Å²) in [5.74, 6) is 1.63. The van der Waals surface area contributed by atoms with Crippen molar-refractivity contribution in [2.24, 2.45) is 5.92 Å². The van der Waals surface area contributed by atoms with E-state index in [0.29, 0.717) is 23.4 Å². The van der Waals surface area contributed by atoms with Crippen molar-refractivity contribution in [3.05, 3.63) is 17.8 Å². The van der Waals surface area contributed by atoms with Gasteiger partial charge >= 0.3 is 0 Å². The monoisotopic (exact) mass is 277 g/mol. The van der Waals surface area contributed by atoms with Gasteiger partial charge in [-0.3, -0.25) is 4.79 Å². The second kappa shape index (κ2) is 5.95. The molecular formula is C15H23N3O2. The summed E-state index contributed by atoms with van der Waals surface area (Å²) >= 11 is 0. The molecule has 1 amide bonds. The van der Waals surface area contributed by atoms with Crippen LogP contribution in [-0.4, -0.2) is 42.0 Å². The zero-order chi connectivity index (χ0) is 13.9. The van der Waals surface area contributed by atoms with Gasteiger partial charge in [0.2, 0.25) is 0 Å². The average molecular weight is 277 g/mol. The predicted molar refractivity (Wildman–Crippen MR) is 75.6 cm³/mol. The smallest absolute Gasteiger partial charge is 0.275 e. The first-order chi connectivity index (χ1) is 9.74. The van der Waals surface area contributed by atoms with Crippen LogP contribution in [-0.2, 0) is 0 Å². The van der Waals surface area contributed by atoms with Gasteiger partial charge in [-0.2, -0.15) is 0 Å². The van der Waals surface area contributed by atoms with Crippen LogP contribution in [0.15, 0.2) is 10.7 Å². The van der Waals surface area contributed by atoms with E-state index in [4.69, 9.17) is 4.42 Å². The van der Waals surface area contributed by atoms with Gasteiger partial charge in [-0.25, -0.2) is 4.98 Å². The van der Waals surface area contributed by atoms with Crippen LogP contribution in [0.3, 0.4) is 0 Å². The second-order valence-corrected chi connectivity index (χ2v) is 6.11. The molecule has 5 nitrogen and oxygen atoms in total. The van der Waals surface area contributed by atoms with Gasteiger partial charge in [0.1, 0.15) is 6.26 Å². The van der Waals surface area contributed by atoms with Crippen LogP contribution in [0.4, 0.5) is 0 Å². The maximum Gasteiger partial charge on any atom is 0.275 e. The van der Waals surface area contributed by atoms with Crippen molar-refractivity contribution in [3.8, 4) is 0 Å². The predicted octanol–water partition coefficient (Wildman–Crippen LogP) is 2.01. The molecule has 2 saturated heterocycles. The number of carbonyl (C=O) groups is 1. The number of likely N-dealkylation sites (tertiary alicyclic amines) is 1. The lowest BCUT2D eigenvalue weighted by Gasteiger charge is -2.30. The summed E-state index contributed by atoms with van der Waals surface area (Å²) in [6, 6.07) is 0. The van der Waals surface area contributed by atoms with Gasteiger partial charge in [0.25, 0.3) is 5.91 Å². The number of carbonyl (C=O) groups excluding carboxylic acids is 1. The third-order valence-electron chi connectivity index (χ3n) is 4.33. The summed E-state index contributed by atoms with van der Waals surface area (Å²) in [6.07, 6.45) is 6.05. The Hall–Kier alpha value is -1.36. The van der Waals surface area contributed by atoms with Crippen LogP contribution in [0.2, 0.25) is 0 Å². The number of rotatable bonds is 2. The number of aromatic nitrogens is 1. The Kier molecular flexibility index (Phi) is 4.05. The molecule has 5 heteroatoms. The van der Waals surface area contributed by atoms with Gasteiger partial charge in [0.05, 0.1) is 0 Å². The lowest BCUT2D eigenvalue weighted by molar-refractivity contribution is 0.0677. The van der Waals surface area contributed by atoms with E-state index in [1.165, 1.54) is 12.7 Å². The molecule has 1 aromatic rings. The molecular weight excluding hydrogens is 254 g/mol. The van der Waals surface area contributed by atoms with Crippen LogP contribution < -0.4 is 5.32 Å². The number of amides is 1. The Labute approximate surface area is 119 Å². The van der Waals surface area contributed by atoms with Crippen molar-refractivity contribution in [2.45, 2.75) is 38.5 Å². The molecule has 2 aliphatic rings. The molecule has 110 valence electrons.